The van der Waals surface area contributed by atoms with E-state index < -0.39 is 118 Å². The van der Waals surface area contributed by atoms with Crippen LogP contribution >= 0.6 is 0 Å². The van der Waals surface area contributed by atoms with Crippen molar-refractivity contribution in [3.05, 3.63) is 82.1 Å². The van der Waals surface area contributed by atoms with E-state index in [9.17, 15) is 70.2 Å². The van der Waals surface area contributed by atoms with Gasteiger partial charge in [0.2, 0.25) is 5.76 Å². The van der Waals surface area contributed by atoms with Crippen molar-refractivity contribution in [1.29, 1.82) is 0 Å². The minimum absolute atomic E-state index is 0.00581. The van der Waals surface area contributed by atoms with Crippen molar-refractivity contribution in [3.63, 3.8) is 0 Å². The van der Waals surface area contributed by atoms with E-state index in [-0.39, 0.29) is 27.8 Å². The molecule has 10 N–H and O–H groups in total. The molecule has 0 unspecified atom stereocenters. The summed E-state index contributed by atoms with van der Waals surface area (Å²) in [6, 6.07) is 6.33. The van der Waals surface area contributed by atoms with Gasteiger partial charge in [-0.15, -0.1) is 0 Å². The Bertz CT molecular complexity index is 2130. The second kappa shape index (κ2) is 13.2. The number of hydrogen-bond donors (Lipinski definition) is 10. The molecule has 0 amide bonds. The molecule has 3 aromatic carbocycles. The zero-order chi connectivity index (χ0) is 37.8. The fourth-order valence-corrected chi connectivity index (χ4v) is 6.45. The average molecular weight is 721 g/mol. The summed E-state index contributed by atoms with van der Waals surface area (Å²) in [6.45, 7) is -1.05. The number of aromatic hydroxyl groups is 6. The lowest BCUT2D eigenvalue weighted by atomic mass is 9.70. The Balaban J connectivity index is 1.68. The number of phenolic OH excluding ortho intramolecular Hbond substituents is 6. The van der Waals surface area contributed by atoms with Crippen LogP contribution in [0.2, 0.25) is 0 Å². The van der Waals surface area contributed by atoms with Gasteiger partial charge in [0.1, 0.15) is 6.10 Å². The second-order valence-electron chi connectivity index (χ2n) is 12.0. The normalized spacial score (nSPS) is 22.9. The summed E-state index contributed by atoms with van der Waals surface area (Å²) in [6.07, 6.45) is -4.01. The van der Waals surface area contributed by atoms with E-state index in [0.717, 1.165) is 54.6 Å². The van der Waals surface area contributed by atoms with E-state index in [1.165, 1.54) is 6.07 Å². The molecule has 0 saturated heterocycles. The molecule has 1 aliphatic carbocycles. The maximum atomic E-state index is 14.0. The van der Waals surface area contributed by atoms with Gasteiger partial charge in [0, 0.05) is 29.2 Å². The van der Waals surface area contributed by atoms with Crippen molar-refractivity contribution in [1.82, 2.24) is 0 Å². The molecule has 2 aliphatic heterocycles. The van der Waals surface area contributed by atoms with Crippen LogP contribution in [0.25, 0.3) is 23.3 Å². The maximum absolute atomic E-state index is 14.0. The van der Waals surface area contributed by atoms with Crippen LogP contribution in [0, 0.1) is 5.92 Å². The number of hydrogen-bond acceptors (Lipinski definition) is 15. The van der Waals surface area contributed by atoms with Crippen molar-refractivity contribution in [2.45, 2.75) is 30.3 Å². The van der Waals surface area contributed by atoms with Crippen LogP contribution in [-0.4, -0.2) is 106 Å². The zero-order valence-corrected chi connectivity index (χ0v) is 26.3. The summed E-state index contributed by atoms with van der Waals surface area (Å²) in [5.74, 6) is -15.1. The van der Waals surface area contributed by atoms with Crippen LogP contribution in [0.3, 0.4) is 0 Å². The summed E-state index contributed by atoms with van der Waals surface area (Å²) >= 11 is 0. The summed E-state index contributed by atoms with van der Waals surface area (Å²) in [5, 5.41) is 105. The quantitative estimate of drug-likeness (QED) is 0.134. The van der Waals surface area contributed by atoms with E-state index in [0.29, 0.717) is 0 Å². The Morgan fingerprint density at radius 3 is 2.17 bits per heavy atom. The van der Waals surface area contributed by atoms with E-state index >= 15 is 0 Å². The highest BCUT2D eigenvalue weighted by Gasteiger charge is 2.48. The standard InChI is InChI=1S/C35H28O17/c36-11-22(41)31-32-23(10-24(50-31)33(45)46)51-35(49)17-5-13-7-19(38)20(39)9-15(13)26(28(17)34(47)48)14-6-16(29(43)21(40)8-14)27-12(2-4-25(42)52-32)1-3-18(37)30(27)44/h1-10,22-23,26,28,31-32,36-41,43-44H,11H2,(H,45,46)(H,47,48)/t22-,23+,26+,28+,31+,32+/m0/s1. The summed E-state index contributed by atoms with van der Waals surface area (Å²) in [4.78, 5) is 52.4. The number of aliphatic hydroxyl groups excluding tert-OH is 2. The lowest BCUT2D eigenvalue weighted by molar-refractivity contribution is -0.185. The van der Waals surface area contributed by atoms with E-state index in [1.807, 2.05) is 0 Å². The zero-order valence-electron chi connectivity index (χ0n) is 26.3. The number of aliphatic hydroxyl groups is 2. The molecule has 17 nitrogen and oxygen atoms in total. The minimum Gasteiger partial charge on any atom is -0.504 e. The van der Waals surface area contributed by atoms with Crippen molar-refractivity contribution in [3.8, 4) is 45.6 Å². The molecule has 4 bridgehead atoms. The van der Waals surface area contributed by atoms with Crippen molar-refractivity contribution < 1.29 is 84.5 Å². The number of phenols is 6. The van der Waals surface area contributed by atoms with Crippen LogP contribution in [0.4, 0.5) is 0 Å². The first-order valence-electron chi connectivity index (χ1n) is 15.2. The Kier molecular flexibility index (Phi) is 8.91. The lowest BCUT2D eigenvalue weighted by Gasteiger charge is -2.37. The molecular formula is C35H28O17. The Morgan fingerprint density at radius 1 is 0.788 bits per heavy atom. The van der Waals surface area contributed by atoms with Gasteiger partial charge in [-0.3, -0.25) is 4.79 Å². The average Bonchev–Trinajstić information content (AvgIpc) is 3.09. The predicted molar refractivity (Wildman–Crippen MR) is 172 cm³/mol. The van der Waals surface area contributed by atoms with Gasteiger partial charge in [0.15, 0.2) is 52.8 Å². The summed E-state index contributed by atoms with van der Waals surface area (Å²) < 4.78 is 16.3. The van der Waals surface area contributed by atoms with Gasteiger partial charge in [-0.2, -0.15) is 0 Å². The van der Waals surface area contributed by atoms with Crippen molar-refractivity contribution in [2.24, 2.45) is 5.92 Å². The van der Waals surface area contributed by atoms with Crippen LogP contribution < -0.4 is 0 Å². The molecule has 17 heteroatoms. The Morgan fingerprint density at radius 2 is 1.50 bits per heavy atom. The minimum atomic E-state index is -1.95. The Labute approximate surface area is 291 Å². The molecular weight excluding hydrogens is 692 g/mol. The molecule has 3 aromatic rings. The molecule has 2 heterocycles. The monoisotopic (exact) mass is 720 g/mol. The maximum Gasteiger partial charge on any atom is 0.370 e. The second-order valence-corrected chi connectivity index (χ2v) is 12.0. The van der Waals surface area contributed by atoms with Gasteiger partial charge < -0.3 is 65.3 Å². The highest BCUT2D eigenvalue weighted by Crippen LogP contribution is 2.52. The van der Waals surface area contributed by atoms with Crippen molar-refractivity contribution >= 4 is 36.0 Å². The van der Waals surface area contributed by atoms with E-state index in [2.05, 4.69) is 0 Å². The highest BCUT2D eigenvalue weighted by molar-refractivity contribution is 6.02. The van der Waals surface area contributed by atoms with Gasteiger partial charge in [-0.05, 0) is 64.7 Å². The van der Waals surface area contributed by atoms with Crippen LogP contribution in [0.15, 0.2) is 59.9 Å². The van der Waals surface area contributed by atoms with Crippen molar-refractivity contribution in [2.75, 3.05) is 6.61 Å². The number of benzene rings is 3. The number of carbonyl (C=O) groups excluding carboxylic acids is 2. The molecule has 52 heavy (non-hydrogen) atoms. The number of carboxylic acid groups (broad SMARTS) is 2. The first-order valence-corrected chi connectivity index (χ1v) is 15.2. The number of ether oxygens (including phenoxy) is 3. The number of aliphatic carboxylic acids is 2. The highest BCUT2D eigenvalue weighted by atomic mass is 16.6. The van der Waals surface area contributed by atoms with Gasteiger partial charge in [0.05, 0.1) is 18.1 Å². The molecule has 0 fully saturated rings. The Hall–Kier alpha value is -6.72. The van der Waals surface area contributed by atoms with Gasteiger partial charge in [-0.1, -0.05) is 6.07 Å². The first kappa shape index (κ1) is 35.1. The molecule has 6 atom stereocenters. The fraction of sp³-hybridized carbons (Fsp3) is 0.200. The van der Waals surface area contributed by atoms with Gasteiger partial charge in [0.25, 0.3) is 0 Å². The number of fused-ring (bicyclic) bond motifs is 10. The van der Waals surface area contributed by atoms with Crippen LogP contribution in [-0.2, 0) is 33.4 Å². The summed E-state index contributed by atoms with van der Waals surface area (Å²) in [5.41, 5.74) is -1.68. The van der Waals surface area contributed by atoms with Gasteiger partial charge >= 0.3 is 23.9 Å². The number of carboxylic acids is 2. The molecule has 0 aromatic heterocycles. The molecule has 0 saturated carbocycles. The number of esters is 2. The topological polar surface area (TPSA) is 298 Å². The van der Waals surface area contributed by atoms with Gasteiger partial charge in [-0.25, -0.2) is 14.4 Å². The lowest BCUT2D eigenvalue weighted by Crippen LogP contribution is -2.53. The largest absolute Gasteiger partial charge is 0.504 e. The van der Waals surface area contributed by atoms with Crippen LogP contribution in [0.1, 0.15) is 28.2 Å². The third-order valence-electron chi connectivity index (χ3n) is 8.82. The van der Waals surface area contributed by atoms with Crippen LogP contribution in [0.5, 0.6) is 34.5 Å². The SMILES string of the molecule is O=C1C=Cc2ccc(O)c(O)c2-c2cc(cc(O)c2O)[C@@H]2c3cc(O)c(O)cc3C=C(C(=O)O[C@@H]3C=C(C(=O)O)O[C@H]([C@@H](O)CO)[C@@H]3O1)[C@H]2C(=O)O. The molecule has 0 radical (unpaired) electrons. The fourth-order valence-electron chi connectivity index (χ4n) is 6.45. The third-order valence-corrected chi connectivity index (χ3v) is 8.82. The molecule has 0 spiro atoms. The van der Waals surface area contributed by atoms with E-state index in [1.54, 1.807) is 0 Å². The molecule has 3 aliphatic rings. The van der Waals surface area contributed by atoms with E-state index in [4.69, 9.17) is 14.2 Å². The molecule has 270 valence electrons. The third kappa shape index (κ3) is 6.03. The summed E-state index contributed by atoms with van der Waals surface area (Å²) in [7, 11) is 0. The number of rotatable bonds is 4. The smallest absolute Gasteiger partial charge is 0.370 e. The predicted octanol–water partition coefficient (Wildman–Crippen LogP) is 1.39. The number of carbonyl (C=O) groups is 4. The first-order chi connectivity index (χ1) is 24.6. The molecule has 6 rings (SSSR count).